The van der Waals surface area contributed by atoms with Crippen molar-refractivity contribution in [1.82, 2.24) is 5.32 Å². The number of rotatable bonds is 4. The van der Waals surface area contributed by atoms with E-state index in [0.717, 1.165) is 29.8 Å². The molecule has 0 radical (unpaired) electrons. The van der Waals surface area contributed by atoms with Crippen LogP contribution in [0.5, 0.6) is 0 Å². The molecule has 0 aromatic carbocycles. The maximum Gasteiger partial charge on any atom is 0.0103 e. The molecular formula is C20H39N. The lowest BCUT2D eigenvalue weighted by Gasteiger charge is -2.43. The van der Waals surface area contributed by atoms with E-state index in [9.17, 15) is 0 Å². The van der Waals surface area contributed by atoms with Crippen LogP contribution in [0.15, 0.2) is 0 Å². The van der Waals surface area contributed by atoms with Crippen LogP contribution in [-0.2, 0) is 0 Å². The highest BCUT2D eigenvalue weighted by molar-refractivity contribution is 4.91. The molecule has 1 nitrogen and oxygen atoms in total. The van der Waals surface area contributed by atoms with Gasteiger partial charge in [0.05, 0.1) is 0 Å². The van der Waals surface area contributed by atoms with Crippen LogP contribution in [0, 0.1) is 23.2 Å². The Kier molecular flexibility index (Phi) is 6.17. The second kappa shape index (κ2) is 7.49. The first-order chi connectivity index (χ1) is 9.86. The average Bonchev–Trinajstić information content (AvgIpc) is 2.37. The topological polar surface area (TPSA) is 12.0 Å². The van der Waals surface area contributed by atoms with Gasteiger partial charge in [-0.05, 0) is 55.3 Å². The first-order valence-corrected chi connectivity index (χ1v) is 9.62. The van der Waals surface area contributed by atoms with Gasteiger partial charge in [-0.1, -0.05) is 60.3 Å². The van der Waals surface area contributed by atoms with Gasteiger partial charge in [-0.3, -0.25) is 0 Å². The Morgan fingerprint density at radius 2 is 1.67 bits per heavy atom. The molecule has 1 N–H and O–H groups in total. The van der Waals surface area contributed by atoms with Crippen molar-refractivity contribution < 1.29 is 0 Å². The molecule has 0 bridgehead atoms. The minimum Gasteiger partial charge on any atom is -0.311 e. The summed E-state index contributed by atoms with van der Waals surface area (Å²) in [4.78, 5) is 0. The molecule has 0 aromatic rings. The van der Waals surface area contributed by atoms with Crippen LogP contribution in [0.1, 0.15) is 92.4 Å². The number of hydrogen-bond donors (Lipinski definition) is 1. The molecule has 0 saturated heterocycles. The second-order valence-corrected chi connectivity index (χ2v) is 9.39. The zero-order chi connectivity index (χ0) is 15.5. The quantitative estimate of drug-likeness (QED) is 0.692. The SMILES string of the molecule is CC(C)CC1CCCC(NC2CCCCC2C(C)(C)C)C1. The van der Waals surface area contributed by atoms with Crippen LogP contribution in [0.4, 0.5) is 0 Å². The molecule has 1 heteroatoms. The molecule has 0 aromatic heterocycles. The molecule has 2 rings (SSSR count). The van der Waals surface area contributed by atoms with E-state index in [4.69, 9.17) is 0 Å². The Bertz CT molecular complexity index is 301. The van der Waals surface area contributed by atoms with Gasteiger partial charge in [0.15, 0.2) is 0 Å². The average molecular weight is 294 g/mol. The Labute approximate surface area is 133 Å². The summed E-state index contributed by atoms with van der Waals surface area (Å²) in [6.07, 6.45) is 12.9. The van der Waals surface area contributed by atoms with Crippen molar-refractivity contribution in [1.29, 1.82) is 0 Å². The molecule has 0 aliphatic heterocycles. The van der Waals surface area contributed by atoms with Crippen molar-refractivity contribution in [2.24, 2.45) is 23.2 Å². The van der Waals surface area contributed by atoms with Gasteiger partial charge in [0, 0.05) is 12.1 Å². The third-order valence-corrected chi connectivity index (χ3v) is 5.92. The van der Waals surface area contributed by atoms with Crippen molar-refractivity contribution in [2.45, 2.75) is 104 Å². The summed E-state index contributed by atoms with van der Waals surface area (Å²) < 4.78 is 0. The molecule has 0 heterocycles. The van der Waals surface area contributed by atoms with Gasteiger partial charge >= 0.3 is 0 Å². The second-order valence-electron chi connectivity index (χ2n) is 9.39. The summed E-state index contributed by atoms with van der Waals surface area (Å²) in [6, 6.07) is 1.58. The van der Waals surface area contributed by atoms with E-state index in [1.54, 1.807) is 0 Å². The van der Waals surface area contributed by atoms with Gasteiger partial charge in [0.1, 0.15) is 0 Å². The van der Waals surface area contributed by atoms with E-state index in [2.05, 4.69) is 39.9 Å². The van der Waals surface area contributed by atoms with Gasteiger partial charge in [-0.2, -0.15) is 0 Å². The van der Waals surface area contributed by atoms with Crippen LogP contribution in [0.25, 0.3) is 0 Å². The zero-order valence-corrected chi connectivity index (χ0v) is 15.3. The zero-order valence-electron chi connectivity index (χ0n) is 15.3. The van der Waals surface area contributed by atoms with Gasteiger partial charge in [0.25, 0.3) is 0 Å². The normalized spacial score (nSPS) is 35.1. The standard InChI is InChI=1S/C20H39N/c1-15(2)13-16-9-8-10-17(14-16)21-19-12-7-6-11-18(19)20(3,4)5/h15-19,21H,6-14H2,1-5H3. The van der Waals surface area contributed by atoms with Gasteiger partial charge < -0.3 is 5.32 Å². The maximum absolute atomic E-state index is 4.12. The maximum atomic E-state index is 4.12. The van der Waals surface area contributed by atoms with Crippen LogP contribution in [0.2, 0.25) is 0 Å². The van der Waals surface area contributed by atoms with Crippen molar-refractivity contribution >= 4 is 0 Å². The van der Waals surface area contributed by atoms with Gasteiger partial charge in [0.2, 0.25) is 0 Å². The lowest BCUT2D eigenvalue weighted by molar-refractivity contribution is 0.111. The van der Waals surface area contributed by atoms with Crippen molar-refractivity contribution in [3.05, 3.63) is 0 Å². The fourth-order valence-electron chi connectivity index (χ4n) is 4.99. The smallest absolute Gasteiger partial charge is 0.0103 e. The number of hydrogen-bond acceptors (Lipinski definition) is 1. The molecule has 0 amide bonds. The monoisotopic (exact) mass is 293 g/mol. The first-order valence-electron chi connectivity index (χ1n) is 9.62. The summed E-state index contributed by atoms with van der Waals surface area (Å²) in [5.41, 5.74) is 0.462. The van der Waals surface area contributed by atoms with Crippen molar-refractivity contribution in [2.75, 3.05) is 0 Å². The van der Waals surface area contributed by atoms with E-state index < -0.39 is 0 Å². The fraction of sp³-hybridized carbons (Fsp3) is 1.00. The molecule has 2 fully saturated rings. The third-order valence-electron chi connectivity index (χ3n) is 5.92. The highest BCUT2D eigenvalue weighted by Gasteiger charge is 2.35. The molecule has 2 aliphatic rings. The van der Waals surface area contributed by atoms with E-state index >= 15 is 0 Å². The lowest BCUT2D eigenvalue weighted by Crippen LogP contribution is -2.49. The van der Waals surface area contributed by atoms with Crippen LogP contribution < -0.4 is 5.32 Å². The minimum atomic E-state index is 0.462. The third kappa shape index (κ3) is 5.27. The Balaban J connectivity index is 1.89. The van der Waals surface area contributed by atoms with Crippen LogP contribution in [-0.4, -0.2) is 12.1 Å². The van der Waals surface area contributed by atoms with E-state index in [0.29, 0.717) is 5.41 Å². The molecule has 4 unspecified atom stereocenters. The molecule has 124 valence electrons. The summed E-state index contributed by atoms with van der Waals surface area (Å²) >= 11 is 0. The predicted octanol–water partition coefficient (Wildman–Crippen LogP) is 5.79. The molecule has 4 atom stereocenters. The molecule has 21 heavy (non-hydrogen) atoms. The lowest BCUT2D eigenvalue weighted by atomic mass is 9.69. The van der Waals surface area contributed by atoms with Gasteiger partial charge in [-0.25, -0.2) is 0 Å². The van der Waals surface area contributed by atoms with E-state index in [1.807, 2.05) is 0 Å². The van der Waals surface area contributed by atoms with Gasteiger partial charge in [-0.15, -0.1) is 0 Å². The Morgan fingerprint density at radius 3 is 2.33 bits per heavy atom. The summed E-state index contributed by atoms with van der Waals surface area (Å²) in [5.74, 6) is 2.72. The molecule has 0 spiro atoms. The number of nitrogens with one attached hydrogen (secondary N) is 1. The fourth-order valence-corrected chi connectivity index (χ4v) is 4.99. The summed E-state index contributed by atoms with van der Waals surface area (Å²) in [6.45, 7) is 12.1. The largest absolute Gasteiger partial charge is 0.311 e. The van der Waals surface area contributed by atoms with E-state index in [-0.39, 0.29) is 0 Å². The molecule has 2 saturated carbocycles. The Hall–Kier alpha value is -0.0400. The minimum absolute atomic E-state index is 0.462. The summed E-state index contributed by atoms with van der Waals surface area (Å²) in [5, 5.41) is 4.12. The van der Waals surface area contributed by atoms with Crippen LogP contribution >= 0.6 is 0 Å². The Morgan fingerprint density at radius 1 is 0.952 bits per heavy atom. The summed E-state index contributed by atoms with van der Waals surface area (Å²) in [7, 11) is 0. The first kappa shape index (κ1) is 17.3. The van der Waals surface area contributed by atoms with Crippen molar-refractivity contribution in [3.63, 3.8) is 0 Å². The van der Waals surface area contributed by atoms with Crippen molar-refractivity contribution in [3.8, 4) is 0 Å². The highest BCUT2D eigenvalue weighted by Crippen LogP contribution is 2.39. The molecule has 2 aliphatic carbocycles. The predicted molar refractivity (Wildman–Crippen MR) is 93.5 cm³/mol. The molecular weight excluding hydrogens is 254 g/mol. The van der Waals surface area contributed by atoms with E-state index in [1.165, 1.54) is 57.8 Å². The van der Waals surface area contributed by atoms with Crippen LogP contribution in [0.3, 0.4) is 0 Å². The highest BCUT2D eigenvalue weighted by atomic mass is 15.0.